The number of anilines is 1. The van der Waals surface area contributed by atoms with Crippen LogP contribution in [0.15, 0.2) is 95.5 Å². The summed E-state index contributed by atoms with van der Waals surface area (Å²) < 4.78 is 11.2. The molecular formula is C29H26N4O4S. The fraction of sp³-hybridized carbons (Fsp3) is 0.172. The van der Waals surface area contributed by atoms with Gasteiger partial charge in [-0.15, -0.1) is 0 Å². The Balaban J connectivity index is 1.41. The van der Waals surface area contributed by atoms with E-state index in [1.54, 1.807) is 24.4 Å². The van der Waals surface area contributed by atoms with Gasteiger partial charge >= 0.3 is 5.97 Å². The average Bonchev–Trinajstić information content (AvgIpc) is 3.57. The first-order valence-corrected chi connectivity index (χ1v) is 12.6. The molecule has 0 radical (unpaired) electrons. The van der Waals surface area contributed by atoms with Crippen LogP contribution in [0.3, 0.4) is 0 Å². The maximum absolute atomic E-state index is 12.7. The van der Waals surface area contributed by atoms with Gasteiger partial charge in [0.15, 0.2) is 5.11 Å². The Labute approximate surface area is 225 Å². The number of benzene rings is 2. The van der Waals surface area contributed by atoms with Gasteiger partial charge in [0.05, 0.1) is 24.4 Å². The van der Waals surface area contributed by atoms with E-state index in [1.165, 1.54) is 7.11 Å². The van der Waals surface area contributed by atoms with Crippen molar-refractivity contribution < 1.29 is 18.7 Å². The fourth-order valence-electron chi connectivity index (χ4n) is 4.51. The SMILES string of the molecule is COC(=O)c1cccc(-c2ccc([C@H]3[C@H](c4ccccn4)NC(=S)N3CCC(=O)Nc3ccccc3)o2)c1. The Bertz CT molecular complexity index is 1440. The van der Waals surface area contributed by atoms with Crippen LogP contribution in [0.4, 0.5) is 5.69 Å². The molecule has 0 aliphatic carbocycles. The number of aromatic nitrogens is 1. The fourth-order valence-corrected chi connectivity index (χ4v) is 4.84. The largest absolute Gasteiger partial charge is 0.465 e. The second-order valence-electron chi connectivity index (χ2n) is 8.76. The maximum atomic E-state index is 12.7. The topological polar surface area (TPSA) is 96.7 Å². The predicted molar refractivity (Wildman–Crippen MR) is 147 cm³/mol. The molecule has 3 heterocycles. The molecule has 1 amide bonds. The molecule has 1 saturated heterocycles. The van der Waals surface area contributed by atoms with Crippen molar-refractivity contribution in [3.8, 4) is 11.3 Å². The Morgan fingerprint density at radius 2 is 1.87 bits per heavy atom. The number of carbonyl (C=O) groups excluding carboxylic acids is 2. The van der Waals surface area contributed by atoms with Crippen LogP contribution in [0.1, 0.15) is 40.3 Å². The number of furan rings is 1. The number of rotatable bonds is 8. The van der Waals surface area contributed by atoms with Gasteiger partial charge in [0.1, 0.15) is 17.6 Å². The minimum atomic E-state index is -0.417. The second-order valence-corrected chi connectivity index (χ2v) is 9.15. The molecule has 192 valence electrons. The van der Waals surface area contributed by atoms with E-state index in [-0.39, 0.29) is 24.4 Å². The number of pyridine rings is 1. The molecule has 2 aromatic heterocycles. The molecule has 38 heavy (non-hydrogen) atoms. The monoisotopic (exact) mass is 526 g/mol. The van der Waals surface area contributed by atoms with Crippen LogP contribution in [0.5, 0.6) is 0 Å². The molecule has 2 N–H and O–H groups in total. The highest BCUT2D eigenvalue weighted by Gasteiger charge is 2.41. The molecule has 2 atom stereocenters. The van der Waals surface area contributed by atoms with Crippen molar-refractivity contribution in [3.05, 3.63) is 108 Å². The number of hydrogen-bond donors (Lipinski definition) is 2. The molecule has 0 spiro atoms. The van der Waals surface area contributed by atoms with Crippen LogP contribution < -0.4 is 10.6 Å². The third-order valence-corrected chi connectivity index (χ3v) is 6.67. The zero-order chi connectivity index (χ0) is 26.5. The van der Waals surface area contributed by atoms with E-state index in [4.69, 9.17) is 21.4 Å². The smallest absolute Gasteiger partial charge is 0.337 e. The summed E-state index contributed by atoms with van der Waals surface area (Å²) in [6.07, 6.45) is 1.97. The van der Waals surface area contributed by atoms with Crippen molar-refractivity contribution in [1.29, 1.82) is 0 Å². The van der Waals surface area contributed by atoms with Crippen LogP contribution >= 0.6 is 12.2 Å². The Hall–Kier alpha value is -4.50. The first kappa shape index (κ1) is 25.2. The third kappa shape index (κ3) is 5.42. The van der Waals surface area contributed by atoms with E-state index in [9.17, 15) is 9.59 Å². The van der Waals surface area contributed by atoms with E-state index >= 15 is 0 Å². The van der Waals surface area contributed by atoms with Gasteiger partial charge in [-0.25, -0.2) is 4.79 Å². The van der Waals surface area contributed by atoms with Crippen LogP contribution in [0.2, 0.25) is 0 Å². The van der Waals surface area contributed by atoms with Crippen molar-refractivity contribution in [2.75, 3.05) is 19.0 Å². The number of carbonyl (C=O) groups is 2. The van der Waals surface area contributed by atoms with E-state index in [1.807, 2.05) is 71.6 Å². The molecule has 9 heteroatoms. The molecule has 8 nitrogen and oxygen atoms in total. The molecule has 0 bridgehead atoms. The van der Waals surface area contributed by atoms with Crippen molar-refractivity contribution >= 4 is 34.9 Å². The van der Waals surface area contributed by atoms with Crippen molar-refractivity contribution in [2.45, 2.75) is 18.5 Å². The summed E-state index contributed by atoms with van der Waals surface area (Å²) in [6.45, 7) is 0.381. The van der Waals surface area contributed by atoms with Crippen LogP contribution in [-0.2, 0) is 9.53 Å². The van der Waals surface area contributed by atoms with E-state index in [0.29, 0.717) is 28.7 Å². The van der Waals surface area contributed by atoms with E-state index < -0.39 is 5.97 Å². The number of esters is 1. The van der Waals surface area contributed by atoms with Crippen molar-refractivity contribution in [2.24, 2.45) is 0 Å². The lowest BCUT2D eigenvalue weighted by atomic mass is 10.0. The normalized spacial score (nSPS) is 16.7. The summed E-state index contributed by atoms with van der Waals surface area (Å²) in [5.74, 6) is 0.734. The zero-order valence-electron chi connectivity index (χ0n) is 20.7. The number of thiocarbonyl (C=S) groups is 1. The molecular weight excluding hydrogens is 500 g/mol. The number of nitrogens with zero attached hydrogens (tertiary/aromatic N) is 2. The quantitative estimate of drug-likeness (QED) is 0.241. The minimum absolute atomic E-state index is 0.112. The molecule has 1 fully saturated rings. The predicted octanol–water partition coefficient (Wildman–Crippen LogP) is 5.13. The number of hydrogen-bond acceptors (Lipinski definition) is 6. The van der Waals surface area contributed by atoms with Crippen molar-refractivity contribution in [3.63, 3.8) is 0 Å². The van der Waals surface area contributed by atoms with Gasteiger partial charge in [0, 0.05) is 30.4 Å². The number of nitrogens with one attached hydrogen (secondary N) is 2. The number of amides is 1. The molecule has 1 aliphatic rings. The molecule has 4 aromatic rings. The summed E-state index contributed by atoms with van der Waals surface area (Å²) in [6, 6.07) is 25.3. The minimum Gasteiger partial charge on any atom is -0.465 e. The highest BCUT2D eigenvalue weighted by Crippen LogP contribution is 2.40. The van der Waals surface area contributed by atoms with Gasteiger partial charge in [-0.05, 0) is 60.7 Å². The van der Waals surface area contributed by atoms with Gasteiger partial charge in [0.2, 0.25) is 5.91 Å². The van der Waals surface area contributed by atoms with Crippen molar-refractivity contribution in [1.82, 2.24) is 15.2 Å². The Kier molecular flexibility index (Phi) is 7.46. The third-order valence-electron chi connectivity index (χ3n) is 6.32. The lowest BCUT2D eigenvalue weighted by molar-refractivity contribution is -0.116. The Morgan fingerprint density at radius 3 is 2.63 bits per heavy atom. The number of methoxy groups -OCH3 is 1. The highest BCUT2D eigenvalue weighted by atomic mass is 32.1. The highest BCUT2D eigenvalue weighted by molar-refractivity contribution is 7.80. The van der Waals surface area contributed by atoms with Crippen LogP contribution in [0.25, 0.3) is 11.3 Å². The summed E-state index contributed by atoms with van der Waals surface area (Å²) in [4.78, 5) is 31.2. The summed E-state index contributed by atoms with van der Waals surface area (Å²) in [7, 11) is 1.35. The molecule has 5 rings (SSSR count). The van der Waals surface area contributed by atoms with E-state index in [2.05, 4.69) is 15.6 Å². The average molecular weight is 527 g/mol. The van der Waals surface area contributed by atoms with Gasteiger partial charge < -0.3 is 24.7 Å². The first-order valence-electron chi connectivity index (χ1n) is 12.1. The first-order chi connectivity index (χ1) is 18.5. The Morgan fingerprint density at radius 1 is 1.05 bits per heavy atom. The molecule has 0 unspecified atom stereocenters. The van der Waals surface area contributed by atoms with E-state index in [0.717, 1.165) is 16.9 Å². The molecule has 2 aromatic carbocycles. The summed E-state index contributed by atoms with van der Waals surface area (Å²) >= 11 is 5.70. The number of ether oxygens (including phenoxy) is 1. The molecule has 1 aliphatic heterocycles. The van der Waals surface area contributed by atoms with Crippen LogP contribution in [0, 0.1) is 0 Å². The number of para-hydroxylation sites is 1. The van der Waals surface area contributed by atoms with Gasteiger partial charge in [-0.3, -0.25) is 9.78 Å². The maximum Gasteiger partial charge on any atom is 0.337 e. The summed E-state index contributed by atoms with van der Waals surface area (Å²) in [5.41, 5.74) is 2.73. The second kappa shape index (κ2) is 11.3. The lowest BCUT2D eigenvalue weighted by Gasteiger charge is -2.25. The summed E-state index contributed by atoms with van der Waals surface area (Å²) in [5, 5.41) is 6.80. The van der Waals surface area contributed by atoms with Gasteiger partial charge in [0.25, 0.3) is 0 Å². The lowest BCUT2D eigenvalue weighted by Crippen LogP contribution is -2.32. The molecule has 0 saturated carbocycles. The zero-order valence-corrected chi connectivity index (χ0v) is 21.5. The van der Waals surface area contributed by atoms with Gasteiger partial charge in [-0.1, -0.05) is 36.4 Å². The standard InChI is InChI=1S/C29H26N4O4S/c1-36-28(35)20-9-7-8-19(18-20)23-13-14-24(37-23)27-26(22-12-5-6-16-30-22)32-29(38)33(27)17-15-25(34)31-21-10-3-2-4-11-21/h2-14,16,18,26-27H,15,17H2,1H3,(H,31,34)(H,32,38)/t26-,27-/m0/s1. The van der Waals surface area contributed by atoms with Gasteiger partial charge in [-0.2, -0.15) is 0 Å². The van der Waals surface area contributed by atoms with Crippen LogP contribution in [-0.4, -0.2) is 40.5 Å².